The molecule has 90 valence electrons. The first kappa shape index (κ1) is 12.0. The molecule has 2 heterocycles. The highest BCUT2D eigenvalue weighted by molar-refractivity contribution is 14.1. The standard InChI is InChI=1S/C14H10INOS/c15-11-7-16-8-13-10(11)6-12(18-13)14(17)9-4-2-1-3-5-9/h2,4-8H,1,3H2. The summed E-state index contributed by atoms with van der Waals surface area (Å²) in [5.41, 5.74) is 0.816. The number of halogens is 1. The van der Waals surface area contributed by atoms with Crippen LogP contribution in [-0.4, -0.2) is 10.8 Å². The molecule has 0 aliphatic heterocycles. The summed E-state index contributed by atoms with van der Waals surface area (Å²) in [5.74, 6) is 0.128. The fourth-order valence-corrected chi connectivity index (χ4v) is 3.77. The predicted octanol–water partition coefficient (Wildman–Crippen LogP) is 4.36. The van der Waals surface area contributed by atoms with Crippen LogP contribution in [0, 0.1) is 3.57 Å². The highest BCUT2D eigenvalue weighted by Crippen LogP contribution is 2.30. The molecule has 0 saturated heterocycles. The maximum absolute atomic E-state index is 12.3. The van der Waals surface area contributed by atoms with Gasteiger partial charge in [0, 0.05) is 26.9 Å². The molecule has 4 heteroatoms. The Morgan fingerprint density at radius 2 is 2.22 bits per heavy atom. The average Bonchev–Trinajstić information content (AvgIpc) is 2.84. The lowest BCUT2D eigenvalue weighted by molar-refractivity contribution is 0.104. The molecule has 0 aromatic carbocycles. The Bertz CT molecular complexity index is 684. The Morgan fingerprint density at radius 3 is 2.94 bits per heavy atom. The summed E-state index contributed by atoms with van der Waals surface area (Å²) in [6.45, 7) is 0. The zero-order valence-electron chi connectivity index (χ0n) is 9.52. The van der Waals surface area contributed by atoms with Crippen LogP contribution in [0.5, 0.6) is 0 Å². The second kappa shape index (κ2) is 4.93. The van der Waals surface area contributed by atoms with Gasteiger partial charge in [0.2, 0.25) is 5.78 Å². The first-order valence-electron chi connectivity index (χ1n) is 5.70. The van der Waals surface area contributed by atoms with Crippen LogP contribution in [0.3, 0.4) is 0 Å². The van der Waals surface area contributed by atoms with Crippen molar-refractivity contribution in [2.75, 3.05) is 0 Å². The smallest absolute Gasteiger partial charge is 0.202 e. The number of ketones is 1. The van der Waals surface area contributed by atoms with Crippen LogP contribution in [0.15, 0.2) is 42.3 Å². The second-order valence-corrected chi connectivity index (χ2v) is 6.36. The second-order valence-electron chi connectivity index (χ2n) is 4.11. The monoisotopic (exact) mass is 367 g/mol. The van der Waals surface area contributed by atoms with Crippen molar-refractivity contribution in [3.63, 3.8) is 0 Å². The molecular weight excluding hydrogens is 357 g/mol. The van der Waals surface area contributed by atoms with Gasteiger partial charge >= 0.3 is 0 Å². The number of thiophene rings is 1. The summed E-state index contributed by atoms with van der Waals surface area (Å²) in [7, 11) is 0. The fraction of sp³-hybridized carbons (Fsp3) is 0.143. The summed E-state index contributed by atoms with van der Waals surface area (Å²) in [6.07, 6.45) is 11.7. The Balaban J connectivity index is 2.04. The molecule has 2 aromatic rings. The van der Waals surface area contributed by atoms with E-state index in [9.17, 15) is 4.79 Å². The minimum atomic E-state index is 0.128. The molecule has 0 spiro atoms. The Kier molecular flexibility index (Phi) is 3.30. The molecule has 1 aliphatic carbocycles. The van der Waals surface area contributed by atoms with Gasteiger partial charge in [-0.1, -0.05) is 18.2 Å². The molecule has 3 rings (SSSR count). The summed E-state index contributed by atoms with van der Waals surface area (Å²) in [4.78, 5) is 17.3. The van der Waals surface area contributed by atoms with Crippen LogP contribution in [0.1, 0.15) is 22.5 Å². The number of rotatable bonds is 2. The third-order valence-electron chi connectivity index (χ3n) is 2.88. The Morgan fingerprint density at radius 1 is 1.33 bits per heavy atom. The van der Waals surface area contributed by atoms with Gasteiger partial charge < -0.3 is 0 Å². The van der Waals surface area contributed by atoms with Crippen molar-refractivity contribution in [1.82, 2.24) is 4.98 Å². The predicted molar refractivity (Wildman–Crippen MR) is 83.1 cm³/mol. The van der Waals surface area contributed by atoms with Crippen LogP contribution in [0.2, 0.25) is 0 Å². The highest BCUT2D eigenvalue weighted by atomic mass is 127. The summed E-state index contributed by atoms with van der Waals surface area (Å²) in [6, 6.07) is 1.98. The lowest BCUT2D eigenvalue weighted by atomic mass is 10.0. The molecule has 0 unspecified atom stereocenters. The number of carbonyl (C=O) groups excluding carboxylic acids is 1. The molecule has 0 fully saturated rings. The third kappa shape index (κ3) is 2.14. The molecular formula is C14H10INOS. The molecule has 0 radical (unpaired) electrons. The van der Waals surface area contributed by atoms with Gasteiger partial charge in [0.1, 0.15) is 0 Å². The number of hydrogen-bond donors (Lipinski definition) is 0. The van der Waals surface area contributed by atoms with Crippen molar-refractivity contribution >= 4 is 49.8 Å². The van der Waals surface area contributed by atoms with Gasteiger partial charge in [0.05, 0.1) is 9.58 Å². The Hall–Kier alpha value is -1.01. The van der Waals surface area contributed by atoms with E-state index >= 15 is 0 Å². The zero-order valence-corrected chi connectivity index (χ0v) is 12.5. The first-order chi connectivity index (χ1) is 8.75. The number of aromatic nitrogens is 1. The summed E-state index contributed by atoms with van der Waals surface area (Å²) < 4.78 is 2.17. The summed E-state index contributed by atoms with van der Waals surface area (Å²) in [5, 5.41) is 1.12. The normalized spacial score (nSPS) is 14.8. The maximum Gasteiger partial charge on any atom is 0.202 e. The fourth-order valence-electron chi connectivity index (χ4n) is 1.96. The van der Waals surface area contributed by atoms with Crippen LogP contribution < -0.4 is 0 Å². The van der Waals surface area contributed by atoms with E-state index in [1.807, 2.05) is 30.6 Å². The van der Waals surface area contributed by atoms with Gasteiger partial charge in [0.15, 0.2) is 0 Å². The number of nitrogens with zero attached hydrogens (tertiary/aromatic N) is 1. The van der Waals surface area contributed by atoms with Crippen LogP contribution in [0.25, 0.3) is 10.1 Å². The van der Waals surface area contributed by atoms with Crippen LogP contribution in [0.4, 0.5) is 0 Å². The average molecular weight is 367 g/mol. The van der Waals surface area contributed by atoms with E-state index in [4.69, 9.17) is 0 Å². The van der Waals surface area contributed by atoms with E-state index in [0.29, 0.717) is 0 Å². The van der Waals surface area contributed by atoms with E-state index in [0.717, 1.165) is 36.9 Å². The van der Waals surface area contributed by atoms with Crippen molar-refractivity contribution in [1.29, 1.82) is 0 Å². The molecule has 0 saturated carbocycles. The topological polar surface area (TPSA) is 30.0 Å². The van der Waals surface area contributed by atoms with E-state index in [1.165, 1.54) is 11.3 Å². The highest BCUT2D eigenvalue weighted by Gasteiger charge is 2.15. The van der Waals surface area contributed by atoms with E-state index in [2.05, 4.69) is 33.7 Å². The minimum absolute atomic E-state index is 0.128. The molecule has 18 heavy (non-hydrogen) atoms. The van der Waals surface area contributed by atoms with E-state index < -0.39 is 0 Å². The number of allylic oxidation sites excluding steroid dienone is 4. The van der Waals surface area contributed by atoms with E-state index in [1.54, 1.807) is 0 Å². The zero-order chi connectivity index (χ0) is 12.5. The lowest BCUT2D eigenvalue weighted by Crippen LogP contribution is -2.00. The first-order valence-corrected chi connectivity index (χ1v) is 7.59. The van der Waals surface area contributed by atoms with Crippen molar-refractivity contribution in [3.05, 3.63) is 50.7 Å². The van der Waals surface area contributed by atoms with Crippen molar-refractivity contribution < 1.29 is 4.79 Å². The third-order valence-corrected chi connectivity index (χ3v) is 4.81. The van der Waals surface area contributed by atoms with Gasteiger partial charge in [-0.15, -0.1) is 11.3 Å². The minimum Gasteiger partial charge on any atom is -0.288 e. The number of carbonyl (C=O) groups is 1. The SMILES string of the molecule is O=C(C1=CCCC=C1)c1cc2c(I)cncc2s1. The molecule has 0 N–H and O–H groups in total. The van der Waals surface area contributed by atoms with Gasteiger partial charge in [-0.05, 0) is 41.5 Å². The molecule has 0 atom stereocenters. The van der Waals surface area contributed by atoms with Gasteiger partial charge in [0.25, 0.3) is 0 Å². The number of Topliss-reactive ketones (excluding diaryl/α,β-unsaturated/α-hetero) is 1. The van der Waals surface area contributed by atoms with Crippen molar-refractivity contribution in [2.24, 2.45) is 0 Å². The largest absolute Gasteiger partial charge is 0.288 e. The van der Waals surface area contributed by atoms with E-state index in [-0.39, 0.29) is 5.78 Å². The Labute approximate surface area is 123 Å². The maximum atomic E-state index is 12.3. The van der Waals surface area contributed by atoms with Crippen LogP contribution in [-0.2, 0) is 0 Å². The van der Waals surface area contributed by atoms with Gasteiger partial charge in [-0.3, -0.25) is 9.78 Å². The van der Waals surface area contributed by atoms with Gasteiger partial charge in [-0.25, -0.2) is 0 Å². The van der Waals surface area contributed by atoms with Crippen molar-refractivity contribution in [3.8, 4) is 0 Å². The molecule has 0 bridgehead atoms. The molecule has 2 aromatic heterocycles. The molecule has 1 aliphatic rings. The number of pyridine rings is 1. The number of fused-ring (bicyclic) bond motifs is 1. The van der Waals surface area contributed by atoms with Crippen LogP contribution >= 0.6 is 33.9 Å². The molecule has 0 amide bonds. The summed E-state index contributed by atoms with van der Waals surface area (Å²) >= 11 is 3.78. The van der Waals surface area contributed by atoms with Crippen molar-refractivity contribution in [2.45, 2.75) is 12.8 Å². The molecule has 2 nitrogen and oxygen atoms in total. The quantitative estimate of drug-likeness (QED) is 0.583. The lowest BCUT2D eigenvalue weighted by Gasteiger charge is -2.03. The van der Waals surface area contributed by atoms with Gasteiger partial charge in [-0.2, -0.15) is 0 Å². The number of hydrogen-bond acceptors (Lipinski definition) is 3.